The van der Waals surface area contributed by atoms with Crippen LogP contribution in [0, 0.1) is 0 Å². The molecule has 3 aromatic rings. The molecule has 1 heterocycles. The van der Waals surface area contributed by atoms with Crippen LogP contribution < -0.4 is 5.73 Å². The molecular weight excluding hydrogens is 318 g/mol. The molecule has 0 bridgehead atoms. The Bertz CT molecular complexity index is 754. The first-order valence-corrected chi connectivity index (χ1v) is 7.20. The van der Waals surface area contributed by atoms with Crippen LogP contribution in [0.2, 0.25) is 0 Å². The van der Waals surface area contributed by atoms with E-state index >= 15 is 0 Å². The number of nitrogens with two attached hydrogens (primary N) is 1. The number of hydrogen-bond acceptors (Lipinski definition) is 4. The molecule has 0 aliphatic carbocycles. The predicted octanol–water partition coefficient (Wildman–Crippen LogP) is 3.71. The normalized spacial score (nSPS) is 12.8. The summed E-state index contributed by atoms with van der Waals surface area (Å²) in [6.45, 7) is 2.48. The van der Waals surface area contributed by atoms with Gasteiger partial charge in [-0.05, 0) is 35.0 Å². The van der Waals surface area contributed by atoms with Gasteiger partial charge in [0.1, 0.15) is 0 Å². The van der Waals surface area contributed by atoms with Gasteiger partial charge < -0.3 is 10.3 Å². The number of hydrogen-bond donors (Lipinski definition) is 1. The summed E-state index contributed by atoms with van der Waals surface area (Å²) in [5, 5.41) is 6.29. The maximum atomic E-state index is 5.61. The second-order valence-corrected chi connectivity index (χ2v) is 5.72. The maximum absolute atomic E-state index is 5.61. The van der Waals surface area contributed by atoms with E-state index in [1.54, 1.807) is 0 Å². The summed E-state index contributed by atoms with van der Waals surface area (Å²) in [5.41, 5.74) is 6.53. The standard InChI is InChI=1S/C15H14BrN3O/c1-9(8-17)14-18-15(20-19-14)12-3-2-11-7-13(16)5-4-10(11)6-12/h2-7,9H,8,17H2,1H3. The van der Waals surface area contributed by atoms with Crippen LogP contribution >= 0.6 is 15.9 Å². The summed E-state index contributed by atoms with van der Waals surface area (Å²) in [5.74, 6) is 1.28. The molecule has 0 fully saturated rings. The quantitative estimate of drug-likeness (QED) is 0.794. The van der Waals surface area contributed by atoms with E-state index in [2.05, 4.69) is 38.2 Å². The average molecular weight is 332 g/mol. The average Bonchev–Trinajstić information content (AvgIpc) is 2.95. The minimum Gasteiger partial charge on any atom is -0.334 e. The number of nitrogens with zero attached hydrogens (tertiary/aromatic N) is 2. The molecule has 0 radical (unpaired) electrons. The van der Waals surface area contributed by atoms with Gasteiger partial charge in [-0.3, -0.25) is 0 Å². The lowest BCUT2D eigenvalue weighted by Gasteiger charge is -2.01. The van der Waals surface area contributed by atoms with Crippen molar-refractivity contribution in [3.8, 4) is 11.5 Å². The molecule has 3 rings (SSSR count). The molecule has 1 aromatic heterocycles. The molecule has 0 amide bonds. The van der Waals surface area contributed by atoms with Crippen molar-refractivity contribution in [2.75, 3.05) is 6.54 Å². The lowest BCUT2D eigenvalue weighted by Crippen LogP contribution is -2.10. The molecular formula is C15H14BrN3O. The highest BCUT2D eigenvalue weighted by molar-refractivity contribution is 9.10. The summed E-state index contributed by atoms with van der Waals surface area (Å²) < 4.78 is 6.38. The molecule has 0 saturated carbocycles. The summed E-state index contributed by atoms with van der Waals surface area (Å²) in [7, 11) is 0. The van der Waals surface area contributed by atoms with Crippen molar-refractivity contribution in [1.82, 2.24) is 10.1 Å². The SMILES string of the molecule is CC(CN)c1noc(-c2ccc3cc(Br)ccc3c2)n1. The zero-order valence-corrected chi connectivity index (χ0v) is 12.6. The van der Waals surface area contributed by atoms with E-state index in [0.717, 1.165) is 20.8 Å². The fourth-order valence-corrected chi connectivity index (χ4v) is 2.39. The highest BCUT2D eigenvalue weighted by Gasteiger charge is 2.13. The number of benzene rings is 2. The van der Waals surface area contributed by atoms with Gasteiger partial charge in [0.2, 0.25) is 0 Å². The van der Waals surface area contributed by atoms with Crippen LogP contribution in [0.5, 0.6) is 0 Å². The Labute approximate surface area is 125 Å². The molecule has 0 aliphatic heterocycles. The van der Waals surface area contributed by atoms with Gasteiger partial charge in [0.25, 0.3) is 5.89 Å². The van der Waals surface area contributed by atoms with Crippen molar-refractivity contribution in [1.29, 1.82) is 0 Å². The summed E-state index contributed by atoms with van der Waals surface area (Å²) in [6, 6.07) is 12.2. The van der Waals surface area contributed by atoms with Crippen LogP contribution in [0.3, 0.4) is 0 Å². The second-order valence-electron chi connectivity index (χ2n) is 4.80. The Kier molecular flexibility index (Phi) is 3.54. The zero-order valence-electron chi connectivity index (χ0n) is 11.0. The Balaban J connectivity index is 2.01. The highest BCUT2D eigenvalue weighted by atomic mass is 79.9. The van der Waals surface area contributed by atoms with Crippen molar-refractivity contribution in [3.63, 3.8) is 0 Å². The van der Waals surface area contributed by atoms with Crippen molar-refractivity contribution in [3.05, 3.63) is 46.7 Å². The lowest BCUT2D eigenvalue weighted by molar-refractivity contribution is 0.418. The number of fused-ring (bicyclic) bond motifs is 1. The largest absolute Gasteiger partial charge is 0.334 e. The van der Waals surface area contributed by atoms with Crippen molar-refractivity contribution in [2.24, 2.45) is 5.73 Å². The van der Waals surface area contributed by atoms with E-state index in [0.29, 0.717) is 18.3 Å². The van der Waals surface area contributed by atoms with Crippen molar-refractivity contribution >= 4 is 26.7 Å². The molecule has 2 N–H and O–H groups in total. The van der Waals surface area contributed by atoms with Gasteiger partial charge in [-0.2, -0.15) is 4.98 Å². The Morgan fingerprint density at radius 3 is 2.75 bits per heavy atom. The van der Waals surface area contributed by atoms with E-state index in [9.17, 15) is 0 Å². The van der Waals surface area contributed by atoms with Gasteiger partial charge in [-0.1, -0.05) is 40.1 Å². The minimum absolute atomic E-state index is 0.101. The van der Waals surface area contributed by atoms with Crippen LogP contribution in [-0.2, 0) is 0 Å². The second kappa shape index (κ2) is 5.34. The van der Waals surface area contributed by atoms with E-state index in [1.807, 2.05) is 31.2 Å². The maximum Gasteiger partial charge on any atom is 0.257 e. The Hall–Kier alpha value is -1.72. The molecule has 2 aromatic carbocycles. The number of aromatic nitrogens is 2. The minimum atomic E-state index is 0.101. The third kappa shape index (κ3) is 2.46. The third-order valence-electron chi connectivity index (χ3n) is 3.29. The summed E-state index contributed by atoms with van der Waals surface area (Å²) in [4.78, 5) is 4.41. The van der Waals surface area contributed by atoms with E-state index in [-0.39, 0.29) is 5.92 Å². The number of halogens is 1. The molecule has 0 spiro atoms. The first kappa shape index (κ1) is 13.3. The Morgan fingerprint density at radius 2 is 1.95 bits per heavy atom. The molecule has 4 nitrogen and oxygen atoms in total. The molecule has 0 aliphatic rings. The van der Waals surface area contributed by atoms with Gasteiger partial charge in [0.05, 0.1) is 0 Å². The smallest absolute Gasteiger partial charge is 0.257 e. The van der Waals surface area contributed by atoms with Crippen LogP contribution in [-0.4, -0.2) is 16.7 Å². The third-order valence-corrected chi connectivity index (χ3v) is 3.78. The van der Waals surface area contributed by atoms with Gasteiger partial charge in [0, 0.05) is 22.5 Å². The first-order chi connectivity index (χ1) is 9.67. The summed E-state index contributed by atoms with van der Waals surface area (Å²) in [6.07, 6.45) is 0. The van der Waals surface area contributed by atoms with Gasteiger partial charge in [0.15, 0.2) is 5.82 Å². The first-order valence-electron chi connectivity index (χ1n) is 6.41. The van der Waals surface area contributed by atoms with E-state index < -0.39 is 0 Å². The number of rotatable bonds is 3. The van der Waals surface area contributed by atoms with Gasteiger partial charge in [-0.25, -0.2) is 0 Å². The van der Waals surface area contributed by atoms with Gasteiger partial charge in [-0.15, -0.1) is 0 Å². The summed E-state index contributed by atoms with van der Waals surface area (Å²) >= 11 is 3.47. The predicted molar refractivity (Wildman–Crippen MR) is 82.4 cm³/mol. The zero-order chi connectivity index (χ0) is 14.1. The van der Waals surface area contributed by atoms with Crippen molar-refractivity contribution < 1.29 is 4.52 Å². The molecule has 20 heavy (non-hydrogen) atoms. The molecule has 0 saturated heterocycles. The molecule has 5 heteroatoms. The molecule has 1 unspecified atom stereocenters. The molecule has 1 atom stereocenters. The monoisotopic (exact) mass is 331 g/mol. The van der Waals surface area contributed by atoms with Crippen LogP contribution in [0.25, 0.3) is 22.2 Å². The van der Waals surface area contributed by atoms with E-state index in [1.165, 1.54) is 0 Å². The van der Waals surface area contributed by atoms with Gasteiger partial charge >= 0.3 is 0 Å². The Morgan fingerprint density at radius 1 is 1.20 bits per heavy atom. The van der Waals surface area contributed by atoms with Crippen LogP contribution in [0.15, 0.2) is 45.4 Å². The van der Waals surface area contributed by atoms with Crippen LogP contribution in [0.4, 0.5) is 0 Å². The highest BCUT2D eigenvalue weighted by Crippen LogP contribution is 2.26. The van der Waals surface area contributed by atoms with E-state index in [4.69, 9.17) is 10.3 Å². The lowest BCUT2D eigenvalue weighted by atomic mass is 10.1. The van der Waals surface area contributed by atoms with Crippen molar-refractivity contribution in [2.45, 2.75) is 12.8 Å². The van der Waals surface area contributed by atoms with Crippen LogP contribution in [0.1, 0.15) is 18.7 Å². The molecule has 102 valence electrons. The fraction of sp³-hybridized carbons (Fsp3) is 0.200. The fourth-order valence-electron chi connectivity index (χ4n) is 2.01. The topological polar surface area (TPSA) is 64.9 Å².